The summed E-state index contributed by atoms with van der Waals surface area (Å²) in [5, 5.41) is 13.2. The molecule has 1 aromatic heterocycles. The normalized spacial score (nSPS) is 18.4. The van der Waals surface area contributed by atoms with Crippen molar-refractivity contribution in [3.05, 3.63) is 70.0 Å². The largest absolute Gasteiger partial charge is 0.449 e. The second kappa shape index (κ2) is 10.1. The highest BCUT2D eigenvalue weighted by Gasteiger charge is 2.32. The van der Waals surface area contributed by atoms with Crippen molar-refractivity contribution in [1.29, 1.82) is 0 Å². The van der Waals surface area contributed by atoms with Gasteiger partial charge in [-0.2, -0.15) is 4.99 Å². The highest BCUT2D eigenvalue weighted by atomic mass is 32.2. The van der Waals surface area contributed by atoms with Crippen molar-refractivity contribution in [2.24, 2.45) is 4.99 Å². The molecule has 1 fully saturated rings. The molecule has 0 radical (unpaired) electrons. The van der Waals surface area contributed by atoms with Crippen LogP contribution in [-0.4, -0.2) is 61.5 Å². The van der Waals surface area contributed by atoms with Crippen LogP contribution in [-0.2, 0) is 14.6 Å². The van der Waals surface area contributed by atoms with Crippen LogP contribution in [0, 0.1) is 10.1 Å². The highest BCUT2D eigenvalue weighted by Crippen LogP contribution is 2.30. The summed E-state index contributed by atoms with van der Waals surface area (Å²) in [4.78, 5) is 33.0. The molecule has 3 heterocycles. The molecule has 0 bridgehead atoms. The van der Waals surface area contributed by atoms with E-state index in [0.717, 1.165) is 25.4 Å². The van der Waals surface area contributed by atoms with E-state index in [1.807, 2.05) is 4.90 Å². The van der Waals surface area contributed by atoms with Crippen molar-refractivity contribution in [1.82, 2.24) is 9.99 Å². The summed E-state index contributed by atoms with van der Waals surface area (Å²) in [6.45, 7) is 0.485. The van der Waals surface area contributed by atoms with E-state index in [0.29, 0.717) is 29.9 Å². The number of carbonyl (C=O) groups is 1. The Morgan fingerprint density at radius 2 is 2.00 bits per heavy atom. The first-order valence-electron chi connectivity index (χ1n) is 10.8. The molecular weight excluding hydrogens is 476 g/mol. The number of nitrogens with one attached hydrogen (secondary N) is 1. The highest BCUT2D eigenvalue weighted by molar-refractivity contribution is 7.90. The number of piperidine rings is 1. The Bertz CT molecular complexity index is 1280. The Morgan fingerprint density at radius 3 is 2.69 bits per heavy atom. The van der Waals surface area contributed by atoms with E-state index in [-0.39, 0.29) is 23.0 Å². The number of hydrogen-bond donors (Lipinski definition) is 1. The predicted octanol–water partition coefficient (Wildman–Crippen LogP) is 2.45. The zero-order valence-corrected chi connectivity index (χ0v) is 19.7. The van der Waals surface area contributed by atoms with Gasteiger partial charge in [0.05, 0.1) is 26.8 Å². The zero-order valence-electron chi connectivity index (χ0n) is 18.9. The minimum Gasteiger partial charge on any atom is -0.449 e. The van der Waals surface area contributed by atoms with E-state index >= 15 is 0 Å². The molecule has 184 valence electrons. The number of rotatable bonds is 8. The summed E-state index contributed by atoms with van der Waals surface area (Å²) >= 11 is 0. The Balaban J connectivity index is 1.51. The standard InChI is InChI=1S/C22H24N6O6S/c1-35(32,33)18-7-5-17(6-8-18)25-26-13-20(28(30)31)22(24-15-26)34-21-4-2-3-11-27(21)19-9-10-23-12-16(19)14-29/h5-10,12,14-15,21,25H,2-4,11,13H2,1H3. The van der Waals surface area contributed by atoms with Crippen LogP contribution in [0.1, 0.15) is 29.6 Å². The maximum atomic E-state index is 11.8. The number of hydrogen-bond acceptors (Lipinski definition) is 11. The maximum Gasteiger partial charge on any atom is 0.328 e. The molecule has 4 rings (SSSR count). The van der Waals surface area contributed by atoms with Crippen molar-refractivity contribution >= 4 is 33.8 Å². The number of aliphatic imine (C=N–C) groups is 1. The Labute approximate surface area is 202 Å². The van der Waals surface area contributed by atoms with Gasteiger partial charge in [0.2, 0.25) is 0 Å². The van der Waals surface area contributed by atoms with Gasteiger partial charge >= 0.3 is 5.70 Å². The van der Waals surface area contributed by atoms with Gasteiger partial charge in [-0.15, -0.1) is 0 Å². The van der Waals surface area contributed by atoms with E-state index in [4.69, 9.17) is 4.74 Å². The van der Waals surface area contributed by atoms with Gasteiger partial charge in [0.15, 0.2) is 22.4 Å². The fraction of sp³-hybridized carbons (Fsp3) is 0.318. The lowest BCUT2D eigenvalue weighted by Gasteiger charge is -2.37. The smallest absolute Gasteiger partial charge is 0.328 e. The second-order valence-corrected chi connectivity index (χ2v) is 10.1. The number of ether oxygens (including phenoxy) is 1. The van der Waals surface area contributed by atoms with Gasteiger partial charge in [0.1, 0.15) is 12.9 Å². The molecule has 1 atom stereocenters. The summed E-state index contributed by atoms with van der Waals surface area (Å²) in [5.41, 5.74) is 4.33. The van der Waals surface area contributed by atoms with Gasteiger partial charge in [0.25, 0.3) is 5.88 Å². The lowest BCUT2D eigenvalue weighted by Crippen LogP contribution is -2.43. The molecule has 1 aromatic carbocycles. The van der Waals surface area contributed by atoms with Crippen LogP contribution in [0.15, 0.2) is 64.2 Å². The van der Waals surface area contributed by atoms with Crippen molar-refractivity contribution in [3.63, 3.8) is 0 Å². The molecule has 1 N–H and O–H groups in total. The van der Waals surface area contributed by atoms with Gasteiger partial charge in [-0.3, -0.25) is 30.3 Å². The van der Waals surface area contributed by atoms with E-state index in [2.05, 4.69) is 15.4 Å². The first-order valence-corrected chi connectivity index (χ1v) is 12.7. The lowest BCUT2D eigenvalue weighted by molar-refractivity contribution is -0.431. The number of aldehydes is 1. The molecule has 2 aromatic rings. The number of hydrazine groups is 1. The maximum absolute atomic E-state index is 11.8. The zero-order chi connectivity index (χ0) is 25.0. The lowest BCUT2D eigenvalue weighted by atomic mass is 10.1. The van der Waals surface area contributed by atoms with Crippen molar-refractivity contribution < 1.29 is 22.9 Å². The summed E-state index contributed by atoms with van der Waals surface area (Å²) in [5.74, 6) is -0.0981. The van der Waals surface area contributed by atoms with Crippen molar-refractivity contribution in [3.8, 4) is 0 Å². The van der Waals surface area contributed by atoms with Gasteiger partial charge in [-0.05, 0) is 43.2 Å². The van der Waals surface area contributed by atoms with E-state index < -0.39 is 21.0 Å². The third kappa shape index (κ3) is 5.57. The number of benzene rings is 1. The molecule has 0 saturated carbocycles. The fourth-order valence-electron chi connectivity index (χ4n) is 3.89. The van der Waals surface area contributed by atoms with Crippen LogP contribution in [0.5, 0.6) is 0 Å². The molecule has 1 saturated heterocycles. The van der Waals surface area contributed by atoms with Crippen LogP contribution in [0.4, 0.5) is 11.4 Å². The van der Waals surface area contributed by atoms with Crippen LogP contribution < -0.4 is 10.3 Å². The average molecular weight is 501 g/mol. The summed E-state index contributed by atoms with van der Waals surface area (Å²) < 4.78 is 29.3. The molecule has 0 amide bonds. The van der Waals surface area contributed by atoms with Crippen LogP contribution in [0.2, 0.25) is 0 Å². The second-order valence-electron chi connectivity index (χ2n) is 8.10. The van der Waals surface area contributed by atoms with E-state index in [1.54, 1.807) is 24.4 Å². The summed E-state index contributed by atoms with van der Waals surface area (Å²) in [6, 6.07) is 7.74. The first kappa shape index (κ1) is 24.1. The Morgan fingerprint density at radius 1 is 1.23 bits per heavy atom. The number of carbonyl (C=O) groups excluding carboxylic acids is 1. The van der Waals surface area contributed by atoms with Crippen LogP contribution >= 0.6 is 0 Å². The molecule has 12 nitrogen and oxygen atoms in total. The number of aromatic nitrogens is 1. The van der Waals surface area contributed by atoms with Gasteiger partial charge in [-0.25, -0.2) is 8.42 Å². The number of sulfone groups is 1. The topological polar surface area (TPSA) is 147 Å². The minimum absolute atomic E-state index is 0.0981. The van der Waals surface area contributed by atoms with Crippen LogP contribution in [0.25, 0.3) is 0 Å². The quantitative estimate of drug-likeness (QED) is 0.325. The third-order valence-electron chi connectivity index (χ3n) is 5.62. The Hall–Kier alpha value is -4.00. The van der Waals surface area contributed by atoms with Gasteiger partial charge in [0, 0.05) is 31.6 Å². The number of pyridine rings is 1. The SMILES string of the molecule is CS(=O)(=O)c1ccc(NN2C=NC(OC3CCCCN3c3ccncc3C=O)=C([N+](=O)[O-])C2)cc1. The van der Waals surface area contributed by atoms with Crippen molar-refractivity contribution in [2.45, 2.75) is 30.4 Å². The summed E-state index contributed by atoms with van der Waals surface area (Å²) in [6.07, 6.45) is 8.11. The van der Waals surface area contributed by atoms with E-state index in [1.165, 1.54) is 29.7 Å². The number of nitro groups is 1. The van der Waals surface area contributed by atoms with Crippen molar-refractivity contribution in [2.75, 3.05) is 29.7 Å². The van der Waals surface area contributed by atoms with Gasteiger partial charge in [-0.1, -0.05) is 0 Å². The number of nitrogens with zero attached hydrogens (tertiary/aromatic N) is 5. The van der Waals surface area contributed by atoms with Crippen LogP contribution in [0.3, 0.4) is 0 Å². The molecule has 0 aliphatic carbocycles. The third-order valence-corrected chi connectivity index (χ3v) is 6.75. The molecule has 13 heteroatoms. The minimum atomic E-state index is -3.33. The molecule has 35 heavy (non-hydrogen) atoms. The molecular formula is C22H24N6O6S. The van der Waals surface area contributed by atoms with Gasteiger partial charge < -0.3 is 9.64 Å². The average Bonchev–Trinajstić information content (AvgIpc) is 2.85. The van der Waals surface area contributed by atoms with E-state index in [9.17, 15) is 23.3 Å². The monoisotopic (exact) mass is 500 g/mol. The summed E-state index contributed by atoms with van der Waals surface area (Å²) in [7, 11) is -3.33. The molecule has 0 spiro atoms. The molecule has 2 aliphatic rings. The predicted molar refractivity (Wildman–Crippen MR) is 128 cm³/mol. The first-order chi connectivity index (χ1) is 16.8. The Kier molecular flexibility index (Phi) is 6.96. The molecule has 1 unspecified atom stereocenters. The fourth-order valence-corrected chi connectivity index (χ4v) is 4.52. The molecule has 2 aliphatic heterocycles. The number of anilines is 2.